The van der Waals surface area contributed by atoms with Crippen LogP contribution in [0.15, 0.2) is 0 Å². The fourth-order valence-corrected chi connectivity index (χ4v) is 0.204. The molecule has 34 valence electrons. The molecule has 6 heavy (non-hydrogen) atoms. The van der Waals surface area contributed by atoms with Gasteiger partial charge in [0.1, 0.15) is 6.61 Å². The predicted molar refractivity (Wildman–Crippen MR) is 17.9 cm³/mol. The zero-order chi connectivity index (χ0) is 4.41. The average Bonchev–Trinajstić information content (AvgIpc) is 1.86. The molecule has 0 spiro atoms. The minimum absolute atomic E-state index is 0.120. The van der Waals surface area contributed by atoms with E-state index < -0.39 is 0 Å². The second-order valence-corrected chi connectivity index (χ2v) is 0.897. The van der Waals surface area contributed by atoms with Gasteiger partial charge in [-0.25, -0.2) is 0 Å². The smallest absolute Gasteiger partial charge is 0.237 e. The van der Waals surface area contributed by atoms with E-state index >= 15 is 0 Å². The summed E-state index contributed by atoms with van der Waals surface area (Å²) in [5.74, 6) is 0.120. The molecule has 1 aliphatic heterocycles. The molecule has 0 aromatic carbocycles. The van der Waals surface area contributed by atoms with E-state index in [1.807, 2.05) is 5.64 Å². The Balaban J connectivity index is 2.37. The zero-order valence-corrected chi connectivity index (χ0v) is 3.02. The summed E-state index contributed by atoms with van der Waals surface area (Å²) in [6.45, 7) is 0.236. The lowest BCUT2D eigenvalue weighted by Crippen LogP contribution is -2.01. The Hall–Kier alpha value is -0.610. The summed E-state index contributed by atoms with van der Waals surface area (Å²) in [6.07, 6.45) is 0. The van der Waals surface area contributed by atoms with Gasteiger partial charge in [-0.05, 0) is 5.64 Å². The van der Waals surface area contributed by atoms with Crippen LogP contribution in [0.1, 0.15) is 0 Å². The molecule has 0 amide bonds. The van der Waals surface area contributed by atoms with Gasteiger partial charge in [0.25, 0.3) is 0 Å². The van der Waals surface area contributed by atoms with E-state index in [4.69, 9.17) is 5.41 Å². The zero-order valence-electron chi connectivity index (χ0n) is 3.02. The molecule has 4 heteroatoms. The van der Waals surface area contributed by atoms with Crippen molar-refractivity contribution in [1.29, 1.82) is 5.41 Å². The SMILES string of the molecule is N=C1CONO1. The molecule has 0 saturated carbocycles. The lowest BCUT2D eigenvalue weighted by molar-refractivity contribution is -0.0482. The topological polar surface area (TPSA) is 54.3 Å². The minimum atomic E-state index is 0.120. The molecule has 1 aliphatic rings. The Kier molecular flexibility index (Phi) is 0.736. The van der Waals surface area contributed by atoms with Gasteiger partial charge >= 0.3 is 0 Å². The second-order valence-electron chi connectivity index (χ2n) is 0.897. The molecule has 0 atom stereocenters. The monoisotopic (exact) mass is 88.0 g/mol. The predicted octanol–water partition coefficient (Wildman–Crippen LogP) is -0.570. The maximum atomic E-state index is 6.64. The molecule has 0 unspecified atom stereocenters. The first-order chi connectivity index (χ1) is 2.89. The molecule has 0 aromatic heterocycles. The highest BCUT2D eigenvalue weighted by Gasteiger charge is 2.04. The Morgan fingerprint density at radius 1 is 1.83 bits per heavy atom. The largest absolute Gasteiger partial charge is 0.366 e. The summed E-state index contributed by atoms with van der Waals surface area (Å²) in [6, 6.07) is 0. The van der Waals surface area contributed by atoms with Gasteiger partial charge in [-0.1, -0.05) is 0 Å². The van der Waals surface area contributed by atoms with Crippen LogP contribution < -0.4 is 5.64 Å². The van der Waals surface area contributed by atoms with Crippen molar-refractivity contribution in [2.45, 2.75) is 0 Å². The summed E-state index contributed by atoms with van der Waals surface area (Å²) in [5, 5.41) is 6.64. The highest BCUT2D eigenvalue weighted by molar-refractivity contribution is 5.74. The third kappa shape index (κ3) is 0.474. The molecule has 1 heterocycles. The molecule has 1 fully saturated rings. The van der Waals surface area contributed by atoms with E-state index in [-0.39, 0.29) is 12.5 Å². The lowest BCUT2D eigenvalue weighted by Gasteiger charge is -1.82. The van der Waals surface area contributed by atoms with Crippen molar-refractivity contribution in [1.82, 2.24) is 5.64 Å². The highest BCUT2D eigenvalue weighted by atomic mass is 16.9. The van der Waals surface area contributed by atoms with Crippen molar-refractivity contribution in [2.24, 2.45) is 0 Å². The number of nitrogens with one attached hydrogen (secondary N) is 2. The van der Waals surface area contributed by atoms with Crippen LogP contribution in [-0.4, -0.2) is 12.5 Å². The van der Waals surface area contributed by atoms with Gasteiger partial charge in [-0.2, -0.15) is 0 Å². The first-order valence-corrected chi connectivity index (χ1v) is 1.50. The van der Waals surface area contributed by atoms with Crippen molar-refractivity contribution in [3.63, 3.8) is 0 Å². The molecule has 1 saturated heterocycles. The Labute approximate surface area is 34.5 Å². The van der Waals surface area contributed by atoms with E-state index in [0.29, 0.717) is 0 Å². The standard InChI is InChI=1S/C2H4N2O2/c3-2-1-5-4-6-2/h3-4H,1H2. The van der Waals surface area contributed by atoms with Gasteiger partial charge in [0, 0.05) is 0 Å². The summed E-state index contributed by atoms with van der Waals surface area (Å²) in [7, 11) is 0. The van der Waals surface area contributed by atoms with E-state index in [9.17, 15) is 0 Å². The van der Waals surface area contributed by atoms with Crippen molar-refractivity contribution >= 4 is 5.90 Å². The van der Waals surface area contributed by atoms with Gasteiger partial charge in [-0.15, -0.1) is 0 Å². The van der Waals surface area contributed by atoms with Crippen LogP contribution in [0.5, 0.6) is 0 Å². The van der Waals surface area contributed by atoms with Crippen LogP contribution in [0.25, 0.3) is 0 Å². The lowest BCUT2D eigenvalue weighted by atomic mass is 10.7. The Morgan fingerprint density at radius 2 is 2.67 bits per heavy atom. The number of hydrogen-bond donors (Lipinski definition) is 2. The van der Waals surface area contributed by atoms with Gasteiger partial charge in [-0.3, -0.25) is 10.2 Å². The van der Waals surface area contributed by atoms with Crippen LogP contribution in [0.2, 0.25) is 0 Å². The fraction of sp³-hybridized carbons (Fsp3) is 0.500. The molecular formula is C2H4N2O2. The van der Waals surface area contributed by atoms with E-state index in [2.05, 4.69) is 9.68 Å². The van der Waals surface area contributed by atoms with Gasteiger partial charge < -0.3 is 4.84 Å². The molecule has 2 N–H and O–H groups in total. The van der Waals surface area contributed by atoms with Gasteiger partial charge in [0.15, 0.2) is 0 Å². The molecule has 0 bridgehead atoms. The molecule has 4 nitrogen and oxygen atoms in total. The second kappa shape index (κ2) is 1.24. The minimum Gasteiger partial charge on any atom is -0.366 e. The summed E-state index contributed by atoms with van der Waals surface area (Å²) in [4.78, 5) is 8.62. The van der Waals surface area contributed by atoms with Crippen molar-refractivity contribution in [3.05, 3.63) is 0 Å². The van der Waals surface area contributed by atoms with Crippen LogP contribution in [-0.2, 0) is 9.68 Å². The van der Waals surface area contributed by atoms with Gasteiger partial charge in [0.2, 0.25) is 5.90 Å². The Morgan fingerprint density at radius 3 is 2.83 bits per heavy atom. The third-order valence-electron chi connectivity index (χ3n) is 0.427. The van der Waals surface area contributed by atoms with E-state index in [1.165, 1.54) is 0 Å². The highest BCUT2D eigenvalue weighted by Crippen LogP contribution is 1.82. The van der Waals surface area contributed by atoms with E-state index in [0.717, 1.165) is 0 Å². The molecule has 0 radical (unpaired) electrons. The molecule has 0 aliphatic carbocycles. The average molecular weight is 88.1 g/mol. The third-order valence-corrected chi connectivity index (χ3v) is 0.427. The molecular weight excluding hydrogens is 84.0 g/mol. The Bertz CT molecular complexity index is 63.9. The maximum absolute atomic E-state index is 6.64. The molecule has 1 rings (SSSR count). The first-order valence-electron chi connectivity index (χ1n) is 1.50. The number of rotatable bonds is 0. The van der Waals surface area contributed by atoms with Gasteiger partial charge in [0.05, 0.1) is 0 Å². The summed E-state index contributed by atoms with van der Waals surface area (Å²) >= 11 is 0. The number of hydrogen-bond acceptors (Lipinski definition) is 4. The fourth-order valence-electron chi connectivity index (χ4n) is 0.204. The maximum Gasteiger partial charge on any atom is 0.237 e. The normalized spacial score (nSPS) is 21.0. The van der Waals surface area contributed by atoms with Crippen molar-refractivity contribution < 1.29 is 9.68 Å². The van der Waals surface area contributed by atoms with Crippen LogP contribution in [0.3, 0.4) is 0 Å². The summed E-state index contributed by atoms with van der Waals surface area (Å²) < 4.78 is 0. The van der Waals surface area contributed by atoms with Crippen molar-refractivity contribution in [3.8, 4) is 0 Å². The van der Waals surface area contributed by atoms with Crippen LogP contribution in [0, 0.1) is 5.41 Å². The summed E-state index contributed by atoms with van der Waals surface area (Å²) in [5.41, 5.74) is 2.05. The quantitative estimate of drug-likeness (QED) is 0.417. The van der Waals surface area contributed by atoms with Crippen LogP contribution in [0.4, 0.5) is 0 Å². The first kappa shape index (κ1) is 3.58. The van der Waals surface area contributed by atoms with Crippen LogP contribution >= 0.6 is 0 Å². The van der Waals surface area contributed by atoms with Crippen molar-refractivity contribution in [2.75, 3.05) is 6.61 Å². The molecule has 0 aromatic rings. The van der Waals surface area contributed by atoms with E-state index in [1.54, 1.807) is 0 Å².